The Morgan fingerprint density at radius 1 is 1.18 bits per heavy atom. The second-order valence-electron chi connectivity index (χ2n) is 5.39. The van der Waals surface area contributed by atoms with Crippen LogP contribution in [0.3, 0.4) is 0 Å². The van der Waals surface area contributed by atoms with E-state index < -0.39 is 17.4 Å². The summed E-state index contributed by atoms with van der Waals surface area (Å²) in [5, 5.41) is 3.11. The molecule has 0 radical (unpaired) electrons. The molecule has 0 bridgehead atoms. The van der Waals surface area contributed by atoms with Crippen LogP contribution in [0.2, 0.25) is 0 Å². The maximum Gasteiger partial charge on any atom is 0.248 e. The SMILES string of the molecule is C[C@H](C1=CC(C(N)=O)=CC(C)(C(N)=O)N1)c1ccccc1.Cl. The number of nitrogens with two attached hydrogens (primary N) is 2. The Kier molecular flexibility index (Phi) is 5.38. The quantitative estimate of drug-likeness (QED) is 0.780. The molecule has 6 heteroatoms. The van der Waals surface area contributed by atoms with Gasteiger partial charge in [-0.1, -0.05) is 37.3 Å². The van der Waals surface area contributed by atoms with Gasteiger partial charge in [-0.2, -0.15) is 0 Å². The summed E-state index contributed by atoms with van der Waals surface area (Å²) in [4.78, 5) is 23.2. The van der Waals surface area contributed by atoms with E-state index in [1.165, 1.54) is 6.08 Å². The van der Waals surface area contributed by atoms with Gasteiger partial charge in [-0.15, -0.1) is 12.4 Å². The van der Waals surface area contributed by atoms with E-state index >= 15 is 0 Å². The fourth-order valence-electron chi connectivity index (χ4n) is 2.32. The molecule has 0 aliphatic carbocycles. The molecular formula is C16H20ClN3O2. The number of carbonyl (C=O) groups excluding carboxylic acids is 2. The van der Waals surface area contributed by atoms with Crippen LogP contribution in [0.4, 0.5) is 0 Å². The maximum absolute atomic E-state index is 11.7. The number of dihydropyridines is 1. The Morgan fingerprint density at radius 2 is 1.77 bits per heavy atom. The Morgan fingerprint density at radius 3 is 2.27 bits per heavy atom. The monoisotopic (exact) mass is 321 g/mol. The number of hydrogen-bond acceptors (Lipinski definition) is 3. The maximum atomic E-state index is 11.7. The van der Waals surface area contributed by atoms with E-state index in [-0.39, 0.29) is 23.9 Å². The van der Waals surface area contributed by atoms with Gasteiger partial charge in [0.1, 0.15) is 5.54 Å². The summed E-state index contributed by atoms with van der Waals surface area (Å²) in [6.45, 7) is 3.61. The average Bonchev–Trinajstić information content (AvgIpc) is 2.46. The lowest BCUT2D eigenvalue weighted by Gasteiger charge is -2.33. The van der Waals surface area contributed by atoms with Crippen molar-refractivity contribution in [2.75, 3.05) is 0 Å². The van der Waals surface area contributed by atoms with Gasteiger partial charge in [-0.25, -0.2) is 0 Å². The normalized spacial score (nSPS) is 21.5. The smallest absolute Gasteiger partial charge is 0.248 e. The van der Waals surface area contributed by atoms with Crippen LogP contribution in [0.5, 0.6) is 0 Å². The standard InChI is InChI=1S/C16H19N3O2.ClH/c1-10(11-6-4-3-5-7-11)13-8-12(14(17)20)9-16(2,19-13)15(18)21;/h3-10,19H,1-2H3,(H2,17,20)(H2,18,21);1H/t10-,16?;/m0./s1. The summed E-state index contributed by atoms with van der Waals surface area (Å²) in [6.07, 6.45) is 3.14. The van der Waals surface area contributed by atoms with Gasteiger partial charge in [0.05, 0.1) is 0 Å². The Labute approximate surface area is 135 Å². The van der Waals surface area contributed by atoms with E-state index in [0.29, 0.717) is 0 Å². The lowest BCUT2D eigenvalue weighted by molar-refractivity contribution is -0.121. The van der Waals surface area contributed by atoms with E-state index in [0.717, 1.165) is 11.3 Å². The third kappa shape index (κ3) is 3.49. The molecule has 1 aliphatic rings. The van der Waals surface area contributed by atoms with Gasteiger partial charge in [0.15, 0.2) is 0 Å². The van der Waals surface area contributed by atoms with Crippen LogP contribution in [0, 0.1) is 0 Å². The molecule has 1 aliphatic heterocycles. The fourth-order valence-corrected chi connectivity index (χ4v) is 2.32. The van der Waals surface area contributed by atoms with E-state index in [1.807, 2.05) is 37.3 Å². The summed E-state index contributed by atoms with van der Waals surface area (Å²) < 4.78 is 0. The molecule has 1 heterocycles. The molecule has 22 heavy (non-hydrogen) atoms. The van der Waals surface area contributed by atoms with E-state index in [9.17, 15) is 9.59 Å². The molecule has 118 valence electrons. The number of carbonyl (C=O) groups is 2. The van der Waals surface area contributed by atoms with Gasteiger partial charge in [0.25, 0.3) is 0 Å². The molecule has 0 saturated carbocycles. The number of rotatable bonds is 4. The Hall–Kier alpha value is -2.27. The van der Waals surface area contributed by atoms with Crippen LogP contribution in [-0.4, -0.2) is 17.4 Å². The summed E-state index contributed by atoms with van der Waals surface area (Å²) in [7, 11) is 0. The van der Waals surface area contributed by atoms with Crippen LogP contribution in [0.25, 0.3) is 0 Å². The fraction of sp³-hybridized carbons (Fsp3) is 0.250. The third-order valence-electron chi connectivity index (χ3n) is 3.72. The number of hydrogen-bond donors (Lipinski definition) is 3. The van der Waals surface area contributed by atoms with Crippen molar-refractivity contribution in [3.05, 3.63) is 59.3 Å². The first kappa shape index (κ1) is 17.8. The summed E-state index contributed by atoms with van der Waals surface area (Å²) in [5.74, 6) is -1.17. The molecule has 1 aromatic rings. The number of benzene rings is 1. The van der Waals surface area contributed by atoms with Gasteiger partial charge < -0.3 is 16.8 Å². The highest BCUT2D eigenvalue weighted by Crippen LogP contribution is 2.28. The van der Waals surface area contributed by atoms with Crippen molar-refractivity contribution in [3.63, 3.8) is 0 Å². The van der Waals surface area contributed by atoms with Crippen molar-refractivity contribution in [3.8, 4) is 0 Å². The number of halogens is 1. The number of amides is 2. The lowest BCUT2D eigenvalue weighted by Crippen LogP contribution is -2.53. The first-order valence-corrected chi connectivity index (χ1v) is 6.71. The van der Waals surface area contributed by atoms with Crippen LogP contribution in [0.1, 0.15) is 25.3 Å². The average molecular weight is 322 g/mol. The van der Waals surface area contributed by atoms with Crippen molar-refractivity contribution in [1.29, 1.82) is 0 Å². The minimum absolute atomic E-state index is 0. The molecule has 2 atom stereocenters. The van der Waals surface area contributed by atoms with Gasteiger partial charge in [-0.05, 0) is 24.6 Å². The summed E-state index contributed by atoms with van der Waals surface area (Å²) >= 11 is 0. The molecule has 0 spiro atoms. The molecule has 1 unspecified atom stereocenters. The summed E-state index contributed by atoms with van der Waals surface area (Å²) in [6, 6.07) is 9.77. The molecule has 0 saturated heterocycles. The highest BCUT2D eigenvalue weighted by Gasteiger charge is 2.34. The van der Waals surface area contributed by atoms with Crippen molar-refractivity contribution < 1.29 is 9.59 Å². The molecule has 2 amide bonds. The molecular weight excluding hydrogens is 302 g/mol. The predicted molar refractivity (Wildman–Crippen MR) is 88.2 cm³/mol. The molecule has 5 N–H and O–H groups in total. The minimum Gasteiger partial charge on any atom is -0.371 e. The van der Waals surface area contributed by atoms with Crippen molar-refractivity contribution >= 4 is 24.2 Å². The van der Waals surface area contributed by atoms with E-state index in [1.54, 1.807) is 13.0 Å². The number of nitrogens with one attached hydrogen (secondary N) is 1. The van der Waals surface area contributed by atoms with E-state index in [2.05, 4.69) is 5.32 Å². The van der Waals surface area contributed by atoms with Crippen LogP contribution < -0.4 is 16.8 Å². The summed E-state index contributed by atoms with van der Waals surface area (Å²) in [5.41, 5.74) is 11.8. The Balaban J connectivity index is 0.00000242. The van der Waals surface area contributed by atoms with Crippen molar-refractivity contribution in [1.82, 2.24) is 5.32 Å². The molecule has 0 fully saturated rings. The zero-order valence-corrected chi connectivity index (χ0v) is 13.3. The third-order valence-corrected chi connectivity index (χ3v) is 3.72. The van der Waals surface area contributed by atoms with Crippen LogP contribution >= 0.6 is 12.4 Å². The first-order chi connectivity index (χ1) is 9.83. The second kappa shape index (κ2) is 6.66. The van der Waals surface area contributed by atoms with Gasteiger partial charge in [0, 0.05) is 17.2 Å². The predicted octanol–water partition coefficient (Wildman–Crippen LogP) is 1.35. The lowest BCUT2D eigenvalue weighted by atomic mass is 9.87. The van der Waals surface area contributed by atoms with Crippen molar-refractivity contribution in [2.45, 2.75) is 25.3 Å². The number of allylic oxidation sites excluding steroid dienone is 1. The topological polar surface area (TPSA) is 98.2 Å². The molecule has 1 aromatic carbocycles. The highest BCUT2D eigenvalue weighted by molar-refractivity contribution is 5.98. The van der Waals surface area contributed by atoms with Gasteiger partial charge in [-0.3, -0.25) is 9.59 Å². The second-order valence-corrected chi connectivity index (χ2v) is 5.39. The number of primary amides is 2. The van der Waals surface area contributed by atoms with Gasteiger partial charge >= 0.3 is 0 Å². The van der Waals surface area contributed by atoms with Crippen LogP contribution in [-0.2, 0) is 9.59 Å². The largest absolute Gasteiger partial charge is 0.371 e. The molecule has 2 rings (SSSR count). The first-order valence-electron chi connectivity index (χ1n) is 6.71. The minimum atomic E-state index is -1.13. The van der Waals surface area contributed by atoms with Gasteiger partial charge in [0.2, 0.25) is 11.8 Å². The molecule has 5 nitrogen and oxygen atoms in total. The zero-order valence-electron chi connectivity index (χ0n) is 12.5. The zero-order chi connectivity index (χ0) is 15.6. The molecule has 0 aromatic heterocycles. The van der Waals surface area contributed by atoms with E-state index in [4.69, 9.17) is 11.5 Å². The Bertz CT molecular complexity index is 640. The van der Waals surface area contributed by atoms with Crippen molar-refractivity contribution in [2.24, 2.45) is 11.5 Å². The van der Waals surface area contributed by atoms with Crippen LogP contribution in [0.15, 0.2) is 53.8 Å². The highest BCUT2D eigenvalue weighted by atomic mass is 35.5.